The van der Waals surface area contributed by atoms with E-state index in [1.807, 2.05) is 0 Å². The Morgan fingerprint density at radius 3 is 1.12 bits per heavy atom. The first-order valence-electron chi connectivity index (χ1n) is 0.836. The van der Waals surface area contributed by atoms with E-state index in [2.05, 4.69) is 0 Å². The fourth-order valence-corrected chi connectivity index (χ4v) is 0. The molecule has 0 unspecified atom stereocenters. The van der Waals surface area contributed by atoms with Gasteiger partial charge in [0.2, 0.25) is 0 Å². The Bertz CT molecular complexity index is 27.9. The van der Waals surface area contributed by atoms with Gasteiger partial charge in [0.05, 0.1) is 0 Å². The summed E-state index contributed by atoms with van der Waals surface area (Å²) in [5, 5.41) is 0. The van der Waals surface area contributed by atoms with Crippen LogP contribution in [0, 0.1) is 0 Å². The molecule has 1 N–H and O–H groups in total. The molecule has 8 heteroatoms. The average Bonchev–Trinajstić information content (AvgIpc) is 0.722. The van der Waals surface area contributed by atoms with Crippen LogP contribution >= 0.6 is 0 Å². The molecule has 0 rings (SSSR count). The van der Waals surface area contributed by atoms with Crippen molar-refractivity contribution in [3.8, 4) is 0 Å². The summed E-state index contributed by atoms with van der Waals surface area (Å²) in [5.41, 5.74) is 0. The van der Waals surface area contributed by atoms with E-state index in [0.29, 0.717) is 0 Å². The number of hydrogen-bond acceptors (Lipinski definition) is 4. The van der Waals surface area contributed by atoms with Crippen LogP contribution < -0.4 is 14.4 Å². The van der Waals surface area contributed by atoms with Crippen LogP contribution in [0.4, 0.5) is 0 Å². The largest absolute Gasteiger partial charge is 3.00 e. The molecule has 0 saturated heterocycles. The van der Waals surface area contributed by atoms with E-state index in [-0.39, 0.29) is 42.3 Å². The third-order valence-electron chi connectivity index (χ3n) is 0. The van der Waals surface area contributed by atoms with Crippen LogP contribution in [0.3, 0.4) is 0 Å². The van der Waals surface area contributed by atoms with Gasteiger partial charge in [0, 0.05) is 0 Å². The van der Waals surface area contributed by atoms with Gasteiger partial charge >= 0.3 is 36.8 Å². The average molecular weight is 201 g/mol. The molecule has 8 heavy (non-hydrogen) atoms. The molecule has 0 fully saturated rings. The molecule has 0 aliphatic rings. The van der Waals surface area contributed by atoms with Gasteiger partial charge < -0.3 is 24.7 Å². The topological polar surface area (TPSA) is 118 Å². The van der Waals surface area contributed by atoms with E-state index < -0.39 is 9.05 Å². The molecule has 0 saturated carbocycles. The van der Waals surface area contributed by atoms with Crippen LogP contribution in [0.15, 0.2) is 0 Å². The molecule has 0 spiro atoms. The zero-order valence-electron chi connectivity index (χ0n) is 3.86. The van der Waals surface area contributed by atoms with Crippen molar-refractivity contribution in [1.82, 2.24) is 0 Å². The number of rotatable bonds is 0. The molecule has 0 bridgehead atoms. The summed E-state index contributed by atoms with van der Waals surface area (Å²) in [4.78, 5) is 33.1. The van der Waals surface area contributed by atoms with Crippen molar-refractivity contribution in [2.24, 2.45) is 0 Å². The van der Waals surface area contributed by atoms with E-state index in [1.165, 1.54) is 0 Å². The Morgan fingerprint density at radius 1 is 1.12 bits per heavy atom. The summed E-state index contributed by atoms with van der Waals surface area (Å²) in [6, 6.07) is 0. The van der Waals surface area contributed by atoms with Gasteiger partial charge in [-0.05, 0) is 0 Å². The van der Waals surface area contributed by atoms with E-state index in [4.69, 9.17) is 19.2 Å². The van der Waals surface area contributed by atoms with Crippen LogP contribution in [-0.2, 0) is 25.0 Å². The van der Waals surface area contributed by atoms with Crippen LogP contribution in [0.2, 0.25) is 0 Å². The van der Waals surface area contributed by atoms with E-state index in [9.17, 15) is 0 Å². The maximum Gasteiger partial charge on any atom is 3.00 e. The van der Waals surface area contributed by atoms with Crippen molar-refractivity contribution in [2.75, 3.05) is 0 Å². The normalized spacial score (nSPS) is 7.50. The van der Waals surface area contributed by atoms with Gasteiger partial charge in [0.25, 0.3) is 0 Å². The minimum atomic E-state index is -5.36. The van der Waals surface area contributed by atoms with Gasteiger partial charge in [0.15, 0.2) is 0 Å². The molecule has 40 valence electrons. The van der Waals surface area contributed by atoms with Gasteiger partial charge in [-0.25, -0.2) is 0 Å². The molecule has 0 amide bonds. The Hall–Kier alpha value is 1.17. The van der Waals surface area contributed by atoms with Crippen molar-refractivity contribution in [1.29, 1.82) is 0 Å². The monoisotopic (exact) mass is 200 g/mol. The zero-order valence-corrected chi connectivity index (χ0v) is 8.99. The second-order valence-corrected chi connectivity index (χ2v) is 1.57. The standard InChI is InChI=1S/Al.HO4Si.O.Zn/c;1-5(2,3)4;;/h;1H;;/q+3;-3;-2;+2. The summed E-state index contributed by atoms with van der Waals surface area (Å²) in [6.07, 6.45) is 0. The van der Waals surface area contributed by atoms with Crippen molar-refractivity contribution < 1.29 is 44.1 Å². The molecule has 0 aromatic heterocycles. The molecular weight excluding hydrogens is 200 g/mol. The number of hydrogen-bond donors (Lipinski definition) is 1. The van der Waals surface area contributed by atoms with Crippen molar-refractivity contribution in [3.63, 3.8) is 0 Å². The predicted molar refractivity (Wildman–Crippen MR) is 14.4 cm³/mol. The molecule has 0 heterocycles. The Balaban J connectivity index is -0.0000000267. The summed E-state index contributed by atoms with van der Waals surface area (Å²) in [5.74, 6) is 0. The fourth-order valence-electron chi connectivity index (χ4n) is 0. The summed E-state index contributed by atoms with van der Waals surface area (Å²) < 4.78 is 0. The van der Waals surface area contributed by atoms with Crippen LogP contribution in [0.25, 0.3) is 0 Å². The van der Waals surface area contributed by atoms with Crippen LogP contribution in [0.5, 0.6) is 0 Å². The zero-order chi connectivity index (χ0) is 4.50. The SMILES string of the molecule is [Al+3].[O-2].[O-][Si]([O-])([O-])O.[Zn+2]. The van der Waals surface area contributed by atoms with Gasteiger partial charge in [-0.15, -0.1) is 9.05 Å². The smallest absolute Gasteiger partial charge is 2.00 e. The first kappa shape index (κ1) is 22.9. The third kappa shape index (κ3) is 199. The molecule has 0 atom stereocenters. The minimum absolute atomic E-state index is 0. The molecule has 0 radical (unpaired) electrons. The molecule has 0 aromatic rings. The van der Waals surface area contributed by atoms with Crippen LogP contribution in [-0.4, -0.2) is 31.2 Å². The van der Waals surface area contributed by atoms with Gasteiger partial charge in [-0.1, -0.05) is 0 Å². The van der Waals surface area contributed by atoms with Gasteiger partial charge in [-0.3, -0.25) is 0 Å². The van der Waals surface area contributed by atoms with Gasteiger partial charge in [0.1, 0.15) is 0 Å². The molecule has 0 aromatic carbocycles. The quantitative estimate of drug-likeness (QED) is 0.395. The Morgan fingerprint density at radius 2 is 1.12 bits per heavy atom. The second-order valence-electron chi connectivity index (χ2n) is 0.524. The van der Waals surface area contributed by atoms with E-state index in [1.54, 1.807) is 0 Å². The Kier molecular flexibility index (Phi) is 23.4. The minimum Gasteiger partial charge on any atom is -2.00 e. The predicted octanol–water partition coefficient (Wildman–Crippen LogP) is -5.01. The van der Waals surface area contributed by atoms with Crippen molar-refractivity contribution >= 4 is 26.4 Å². The van der Waals surface area contributed by atoms with Crippen LogP contribution in [0.1, 0.15) is 0 Å². The van der Waals surface area contributed by atoms with Gasteiger partial charge in [-0.2, -0.15) is 0 Å². The molecule has 0 aliphatic carbocycles. The summed E-state index contributed by atoms with van der Waals surface area (Å²) in [7, 11) is -5.36. The summed E-state index contributed by atoms with van der Waals surface area (Å²) in [6.45, 7) is 0. The van der Waals surface area contributed by atoms with Crippen molar-refractivity contribution in [3.05, 3.63) is 0 Å². The Labute approximate surface area is 70.7 Å². The first-order chi connectivity index (χ1) is 2.00. The maximum absolute atomic E-state index is 8.69. The third-order valence-corrected chi connectivity index (χ3v) is 0. The molecular formula is HAlO5SiZn. The van der Waals surface area contributed by atoms with Crippen molar-refractivity contribution in [2.45, 2.75) is 0 Å². The molecule has 5 nitrogen and oxygen atoms in total. The fraction of sp³-hybridized carbons (Fsp3) is 0. The van der Waals surface area contributed by atoms with E-state index in [0.717, 1.165) is 0 Å². The summed E-state index contributed by atoms with van der Waals surface area (Å²) >= 11 is 0. The first-order valence-corrected chi connectivity index (χ1v) is 2.51. The maximum atomic E-state index is 8.69. The second kappa shape index (κ2) is 8.17. The molecule has 0 aliphatic heterocycles. The van der Waals surface area contributed by atoms with E-state index >= 15 is 0 Å².